The lowest BCUT2D eigenvalue weighted by Gasteiger charge is -2.34. The monoisotopic (exact) mass is 404 g/mol. The molecule has 2 aromatic carbocycles. The van der Waals surface area contributed by atoms with Crippen LogP contribution in [0.1, 0.15) is 44.9 Å². The van der Waals surface area contributed by atoms with Crippen molar-refractivity contribution in [2.45, 2.75) is 51.0 Å². The van der Waals surface area contributed by atoms with Crippen LogP contribution in [-0.4, -0.2) is 23.5 Å². The maximum Gasteiger partial charge on any atom is 0.248 e. The first-order valence-electron chi connectivity index (χ1n) is 10.8. The number of fused-ring (bicyclic) bond motifs is 1. The van der Waals surface area contributed by atoms with Gasteiger partial charge in [0, 0.05) is 35.1 Å². The molecule has 0 unspecified atom stereocenters. The third-order valence-electron chi connectivity index (χ3n) is 5.74. The van der Waals surface area contributed by atoms with Gasteiger partial charge in [0.05, 0.1) is 6.61 Å². The van der Waals surface area contributed by atoms with Crippen LogP contribution in [0.15, 0.2) is 65.5 Å². The van der Waals surface area contributed by atoms with Crippen molar-refractivity contribution in [1.82, 2.24) is 4.98 Å². The molecule has 3 aromatic rings. The Balaban J connectivity index is 1.35. The Labute approximate surface area is 176 Å². The number of amides is 1. The minimum Gasteiger partial charge on any atom is -0.494 e. The molecular weight excluding hydrogens is 376 g/mol. The molecule has 0 bridgehead atoms. The molecule has 1 amide bonds. The summed E-state index contributed by atoms with van der Waals surface area (Å²) in [6, 6.07) is 19.2. The van der Waals surface area contributed by atoms with Gasteiger partial charge < -0.3 is 14.6 Å². The van der Waals surface area contributed by atoms with Crippen molar-refractivity contribution in [1.29, 1.82) is 0 Å². The summed E-state index contributed by atoms with van der Waals surface area (Å²) >= 11 is 0. The number of H-pyrrole nitrogens is 1. The number of ether oxygens (including phenoxy) is 1. The fraction of sp³-hybridized carbons (Fsp3) is 0.360. The van der Waals surface area contributed by atoms with Crippen LogP contribution in [0.2, 0.25) is 0 Å². The molecule has 1 N–H and O–H groups in total. The number of aromatic amines is 1. The number of anilines is 1. The third kappa shape index (κ3) is 4.90. The Morgan fingerprint density at radius 3 is 2.60 bits per heavy atom. The summed E-state index contributed by atoms with van der Waals surface area (Å²) in [6.45, 7) is 0.480. The standard InChI is InChI=1S/C25H28N2O3/c28-24-16-13-19-18-22(14-15-23(19)26-24)30-17-7-12-25(29)27(20-8-3-1-4-9-20)21-10-5-2-6-11-21/h1,3-4,8-9,13-16,18,21H,2,5-7,10-12,17H2,(H,26,28). The maximum atomic E-state index is 13.1. The van der Waals surface area contributed by atoms with Crippen molar-refractivity contribution in [2.24, 2.45) is 0 Å². The molecule has 1 heterocycles. The van der Waals surface area contributed by atoms with Crippen molar-refractivity contribution >= 4 is 22.5 Å². The number of carbonyl (C=O) groups excluding carboxylic acids is 1. The first kappa shape index (κ1) is 20.2. The van der Waals surface area contributed by atoms with E-state index in [4.69, 9.17) is 4.74 Å². The molecule has 1 aliphatic carbocycles. The molecule has 0 atom stereocenters. The zero-order valence-corrected chi connectivity index (χ0v) is 17.2. The second-order valence-corrected chi connectivity index (χ2v) is 7.91. The molecule has 5 nitrogen and oxygen atoms in total. The van der Waals surface area contributed by atoms with Crippen molar-refractivity contribution in [2.75, 3.05) is 11.5 Å². The van der Waals surface area contributed by atoms with Crippen molar-refractivity contribution in [3.05, 3.63) is 71.0 Å². The van der Waals surface area contributed by atoms with E-state index in [1.54, 1.807) is 6.07 Å². The van der Waals surface area contributed by atoms with E-state index in [0.29, 0.717) is 25.5 Å². The predicted molar refractivity (Wildman–Crippen MR) is 120 cm³/mol. The fourth-order valence-corrected chi connectivity index (χ4v) is 4.24. The van der Waals surface area contributed by atoms with E-state index in [1.807, 2.05) is 53.4 Å². The minimum absolute atomic E-state index is 0.115. The molecular formula is C25H28N2O3. The van der Waals surface area contributed by atoms with Crippen LogP contribution < -0.4 is 15.2 Å². The van der Waals surface area contributed by atoms with E-state index in [0.717, 1.165) is 35.2 Å². The molecule has 1 saturated carbocycles. The van der Waals surface area contributed by atoms with E-state index in [1.165, 1.54) is 25.3 Å². The zero-order valence-electron chi connectivity index (χ0n) is 17.2. The summed E-state index contributed by atoms with van der Waals surface area (Å²) < 4.78 is 5.86. The highest BCUT2D eigenvalue weighted by atomic mass is 16.5. The Morgan fingerprint density at radius 1 is 1.00 bits per heavy atom. The molecule has 0 aliphatic heterocycles. The van der Waals surface area contributed by atoms with E-state index >= 15 is 0 Å². The quantitative estimate of drug-likeness (QED) is 0.560. The van der Waals surface area contributed by atoms with Crippen molar-refractivity contribution < 1.29 is 9.53 Å². The molecule has 1 aromatic heterocycles. The number of carbonyl (C=O) groups is 1. The van der Waals surface area contributed by atoms with Crippen LogP contribution in [0, 0.1) is 0 Å². The van der Waals surface area contributed by atoms with Gasteiger partial charge in [-0.15, -0.1) is 0 Å². The maximum absolute atomic E-state index is 13.1. The molecule has 1 aliphatic rings. The molecule has 156 valence electrons. The van der Waals surface area contributed by atoms with Gasteiger partial charge in [0.2, 0.25) is 11.5 Å². The summed E-state index contributed by atoms with van der Waals surface area (Å²) in [5.74, 6) is 0.919. The highest BCUT2D eigenvalue weighted by Crippen LogP contribution is 2.28. The molecule has 4 rings (SSSR count). The minimum atomic E-state index is -0.115. The van der Waals surface area contributed by atoms with E-state index in [9.17, 15) is 9.59 Å². The van der Waals surface area contributed by atoms with Gasteiger partial charge in [0.15, 0.2) is 0 Å². The number of hydrogen-bond donors (Lipinski definition) is 1. The van der Waals surface area contributed by atoms with Crippen LogP contribution >= 0.6 is 0 Å². The smallest absolute Gasteiger partial charge is 0.248 e. The molecule has 0 radical (unpaired) electrons. The number of para-hydroxylation sites is 1. The topological polar surface area (TPSA) is 62.4 Å². The van der Waals surface area contributed by atoms with Crippen LogP contribution in [0.5, 0.6) is 5.75 Å². The summed E-state index contributed by atoms with van der Waals surface area (Å²) in [4.78, 5) is 29.3. The molecule has 0 saturated heterocycles. The van der Waals surface area contributed by atoms with Gasteiger partial charge in [0.1, 0.15) is 5.75 Å². The first-order chi connectivity index (χ1) is 14.7. The lowest BCUT2D eigenvalue weighted by Crippen LogP contribution is -2.41. The number of nitrogens with one attached hydrogen (secondary N) is 1. The van der Waals surface area contributed by atoms with Gasteiger partial charge in [-0.2, -0.15) is 0 Å². The van der Waals surface area contributed by atoms with Crippen LogP contribution in [0.25, 0.3) is 10.9 Å². The van der Waals surface area contributed by atoms with Gasteiger partial charge in [-0.1, -0.05) is 37.5 Å². The summed E-state index contributed by atoms with van der Waals surface area (Å²) in [5, 5.41) is 0.927. The summed E-state index contributed by atoms with van der Waals surface area (Å²) in [5.41, 5.74) is 1.67. The van der Waals surface area contributed by atoms with Crippen LogP contribution in [-0.2, 0) is 4.79 Å². The molecule has 0 spiro atoms. The second-order valence-electron chi connectivity index (χ2n) is 7.91. The van der Waals surface area contributed by atoms with Crippen molar-refractivity contribution in [3.63, 3.8) is 0 Å². The Hall–Kier alpha value is -3.08. The largest absolute Gasteiger partial charge is 0.494 e. The highest BCUT2D eigenvalue weighted by molar-refractivity contribution is 5.94. The Bertz CT molecular complexity index is 1040. The van der Waals surface area contributed by atoms with Crippen LogP contribution in [0.3, 0.4) is 0 Å². The number of nitrogens with zero attached hydrogens (tertiary/aromatic N) is 1. The SMILES string of the molecule is O=C(CCCOc1ccc2[nH]c(=O)ccc2c1)N(c1ccccc1)C1CCCCC1. The summed E-state index contributed by atoms with van der Waals surface area (Å²) in [6.07, 6.45) is 6.94. The summed E-state index contributed by atoms with van der Waals surface area (Å²) in [7, 11) is 0. The molecule has 5 heteroatoms. The van der Waals surface area contributed by atoms with Gasteiger partial charge in [0.25, 0.3) is 0 Å². The lowest BCUT2D eigenvalue weighted by molar-refractivity contribution is -0.119. The van der Waals surface area contributed by atoms with E-state index in [-0.39, 0.29) is 11.5 Å². The Kier molecular flexibility index (Phi) is 6.47. The van der Waals surface area contributed by atoms with E-state index < -0.39 is 0 Å². The van der Waals surface area contributed by atoms with E-state index in [2.05, 4.69) is 4.98 Å². The number of benzene rings is 2. The van der Waals surface area contributed by atoms with Crippen molar-refractivity contribution in [3.8, 4) is 5.75 Å². The highest BCUT2D eigenvalue weighted by Gasteiger charge is 2.26. The third-order valence-corrected chi connectivity index (χ3v) is 5.74. The Morgan fingerprint density at radius 2 is 1.80 bits per heavy atom. The first-order valence-corrected chi connectivity index (χ1v) is 10.8. The molecule has 30 heavy (non-hydrogen) atoms. The normalized spacial score (nSPS) is 14.5. The lowest BCUT2D eigenvalue weighted by atomic mass is 9.93. The molecule has 1 fully saturated rings. The van der Waals surface area contributed by atoms with Gasteiger partial charge in [-0.25, -0.2) is 0 Å². The second kappa shape index (κ2) is 9.61. The van der Waals surface area contributed by atoms with Gasteiger partial charge in [-0.05, 0) is 55.7 Å². The number of hydrogen-bond acceptors (Lipinski definition) is 3. The van der Waals surface area contributed by atoms with Gasteiger partial charge in [-0.3, -0.25) is 9.59 Å². The van der Waals surface area contributed by atoms with Crippen LogP contribution in [0.4, 0.5) is 5.69 Å². The fourth-order valence-electron chi connectivity index (χ4n) is 4.24. The van der Waals surface area contributed by atoms with Gasteiger partial charge >= 0.3 is 0 Å². The predicted octanol–water partition coefficient (Wildman–Crippen LogP) is 5.05. The zero-order chi connectivity index (χ0) is 20.8. The number of rotatable bonds is 7. The average Bonchev–Trinajstić information content (AvgIpc) is 2.78. The average molecular weight is 405 g/mol. The number of aromatic nitrogens is 1. The number of pyridine rings is 1.